The summed E-state index contributed by atoms with van der Waals surface area (Å²) in [5.41, 5.74) is 4.56. The molecule has 5 aromatic carbocycles. The Hall–Kier alpha value is -6.95. The lowest BCUT2D eigenvalue weighted by Gasteiger charge is -2.14. The maximum Gasteiger partial charge on any atom is 0.357 e. The standard InChI is InChI=1S/C19H20N2O6S2.C17H14ClNO6S2.C11H13N3O3S.C2H7N.9C2H6/c1-4-27-19(22)17-18(29(25,26)20(2)3)15-12-8-9-13-16(15)21(17)28(23,24)14-10-6-5-7-11-14;1-2-25-17(20)15-16(26(18,21)22)13-10-6-7-11-14(13)19(15)27(23,24)12-8-4-3-5-9-12;1-14(2)18(16,17)10-7-5-3-4-6-8(7)13-9(10)11(12)15;1-3-2;9*1-2/h5-13H,4H2,1-3H3;3-11H,2H2,1H3;3-6,13H,1-2H3,(H2,12,15);3H,1-2H3;9*1-2H3. The number of H-pyrrole nitrogens is 1. The molecule has 1 amide bonds. The van der Waals surface area contributed by atoms with Gasteiger partial charge in [0.15, 0.2) is 11.4 Å². The second-order valence-electron chi connectivity index (χ2n) is 16.2. The molecule has 8 aromatic rings. The molecular weight excluding hydrogens is 1340 g/mol. The van der Waals surface area contributed by atoms with Gasteiger partial charge >= 0.3 is 11.9 Å². The van der Waals surface area contributed by atoms with Crippen LogP contribution in [0.25, 0.3) is 32.7 Å². The SMILES string of the molecule is CC.CC.CC.CC.CC.CC.CC.CC.CC.CCOC(=O)c1c(S(=O)(=O)Cl)c2ccccc2n1S(=O)(=O)c1ccccc1.CCOC(=O)c1c(S(=O)(=O)N(C)C)c2ccccc2n1S(=O)(=O)c1ccccc1.CN(C)S(=O)(=O)c1c(C(N)=O)[nH]c2ccccc12.CNC. The zero-order valence-corrected chi connectivity index (χ0v) is 65.4. The summed E-state index contributed by atoms with van der Waals surface area (Å²) >= 11 is 0. The molecule has 0 aliphatic rings. The van der Waals surface area contributed by atoms with Crippen LogP contribution in [0.4, 0.5) is 0 Å². The summed E-state index contributed by atoms with van der Waals surface area (Å²) in [7, 11) is -6.24. The number of esters is 2. The van der Waals surface area contributed by atoms with Crippen molar-refractivity contribution >= 4 is 110 Å². The van der Waals surface area contributed by atoms with Gasteiger partial charge in [0.05, 0.1) is 34.0 Å². The molecule has 538 valence electrons. The number of aromatic nitrogens is 3. The van der Waals surface area contributed by atoms with E-state index >= 15 is 0 Å². The maximum absolute atomic E-state index is 13.4. The third-order valence-electron chi connectivity index (χ3n) is 10.7. The van der Waals surface area contributed by atoms with Gasteiger partial charge in [-0.05, 0) is 70.4 Å². The van der Waals surface area contributed by atoms with E-state index in [2.05, 4.69) is 10.3 Å². The average Bonchev–Trinajstić information content (AvgIpc) is 1.59. The number of aromatic amines is 1. The number of nitrogens with two attached hydrogens (primary N) is 1. The first kappa shape index (κ1) is 96.7. The van der Waals surface area contributed by atoms with Crippen LogP contribution in [-0.4, -0.2) is 137 Å². The average molecular weight is 1450 g/mol. The molecule has 0 atom stereocenters. The fourth-order valence-electron chi connectivity index (χ4n) is 7.44. The minimum Gasteiger partial charge on any atom is -0.461 e. The van der Waals surface area contributed by atoms with Crippen LogP contribution in [0.3, 0.4) is 0 Å². The van der Waals surface area contributed by atoms with Gasteiger partial charge in [0.2, 0.25) is 20.0 Å². The van der Waals surface area contributed by atoms with E-state index in [1.807, 2.05) is 139 Å². The highest BCUT2D eigenvalue weighted by atomic mass is 35.7. The number of carbonyl (C=O) groups excluding carboxylic acids is 3. The van der Waals surface area contributed by atoms with Crippen molar-refractivity contribution in [1.29, 1.82) is 0 Å². The van der Waals surface area contributed by atoms with Crippen LogP contribution >= 0.6 is 10.7 Å². The lowest BCUT2D eigenvalue weighted by Crippen LogP contribution is -2.26. The van der Waals surface area contributed by atoms with Crippen molar-refractivity contribution in [3.8, 4) is 0 Å². The number of benzene rings is 5. The fourth-order valence-corrected chi connectivity index (χ4v) is 14.4. The second-order valence-corrected chi connectivity index (χ2v) is 26.5. The summed E-state index contributed by atoms with van der Waals surface area (Å²) in [5, 5.41) is 3.33. The highest BCUT2D eigenvalue weighted by Crippen LogP contribution is 2.37. The van der Waals surface area contributed by atoms with E-state index in [9.17, 15) is 56.5 Å². The second kappa shape index (κ2) is 49.6. The molecule has 95 heavy (non-hydrogen) atoms. The summed E-state index contributed by atoms with van der Waals surface area (Å²) in [6.07, 6.45) is 0. The predicted molar refractivity (Wildman–Crippen MR) is 393 cm³/mol. The first-order valence-electron chi connectivity index (χ1n) is 31.6. The Morgan fingerprint density at radius 3 is 1.02 bits per heavy atom. The van der Waals surface area contributed by atoms with Crippen LogP contribution < -0.4 is 11.1 Å². The number of nitrogens with one attached hydrogen (secondary N) is 2. The van der Waals surface area contributed by atoms with Gasteiger partial charge in [-0.15, -0.1) is 0 Å². The fraction of sp³-hybridized carbons (Fsp3) is 0.418. The third-order valence-corrected chi connectivity index (χ3v) is 19.3. The van der Waals surface area contributed by atoms with Crippen LogP contribution in [0.5, 0.6) is 0 Å². The number of hydrogen-bond acceptors (Lipinski definition) is 16. The maximum atomic E-state index is 13.4. The molecule has 22 nitrogen and oxygen atoms in total. The normalized spacial score (nSPS) is 10.3. The molecule has 0 saturated heterocycles. The van der Waals surface area contributed by atoms with Crippen molar-refractivity contribution < 1.29 is 65.9 Å². The Labute approximate surface area is 574 Å². The monoisotopic (exact) mass is 1450 g/mol. The summed E-state index contributed by atoms with van der Waals surface area (Å²) in [5.74, 6) is -2.94. The van der Waals surface area contributed by atoms with Gasteiger partial charge in [-0.2, -0.15) is 0 Å². The van der Waals surface area contributed by atoms with Gasteiger partial charge in [0.1, 0.15) is 20.4 Å². The molecule has 0 fully saturated rings. The Balaban J connectivity index is -0.000000378. The van der Waals surface area contributed by atoms with Crippen molar-refractivity contribution in [1.82, 2.24) is 26.9 Å². The van der Waals surface area contributed by atoms with Crippen LogP contribution in [0.15, 0.2) is 158 Å². The van der Waals surface area contributed by atoms with Crippen molar-refractivity contribution in [2.75, 3.05) is 55.5 Å². The first-order valence-corrected chi connectivity index (χ1v) is 39.7. The number of carbonyl (C=O) groups is 3. The van der Waals surface area contributed by atoms with Crippen molar-refractivity contribution in [3.63, 3.8) is 0 Å². The van der Waals surface area contributed by atoms with Gasteiger partial charge in [-0.3, -0.25) is 4.79 Å². The van der Waals surface area contributed by atoms with Gasteiger partial charge in [0.25, 0.3) is 35.0 Å². The van der Waals surface area contributed by atoms with E-state index in [1.54, 1.807) is 67.6 Å². The molecular formula is C67H108ClN7O15S5. The molecule has 0 bridgehead atoms. The van der Waals surface area contributed by atoms with Crippen molar-refractivity contribution in [2.45, 2.75) is 163 Å². The molecule has 0 spiro atoms. The number of rotatable bonds is 14. The smallest absolute Gasteiger partial charge is 0.357 e. The molecule has 0 saturated carbocycles. The molecule has 8 rings (SSSR count). The van der Waals surface area contributed by atoms with E-state index < -0.39 is 88.2 Å². The lowest BCUT2D eigenvalue weighted by molar-refractivity contribution is 0.0505. The number of nitrogens with zero attached hydrogens (tertiary/aromatic N) is 4. The quantitative estimate of drug-likeness (QED) is 0.0673. The van der Waals surface area contributed by atoms with E-state index in [1.165, 1.54) is 108 Å². The van der Waals surface area contributed by atoms with Gasteiger partial charge in [0, 0.05) is 60.5 Å². The largest absolute Gasteiger partial charge is 0.461 e. The zero-order valence-electron chi connectivity index (χ0n) is 60.5. The minimum absolute atomic E-state index is 0.00336. The zero-order chi connectivity index (χ0) is 75.4. The number of hydrogen-bond donors (Lipinski definition) is 3. The van der Waals surface area contributed by atoms with E-state index in [0.29, 0.717) is 14.9 Å². The Morgan fingerprint density at radius 2 is 0.716 bits per heavy atom. The topological polar surface area (TPSA) is 311 Å². The van der Waals surface area contributed by atoms with Crippen LogP contribution in [0.2, 0.25) is 0 Å². The highest BCUT2D eigenvalue weighted by molar-refractivity contribution is 8.14. The number of amides is 1. The van der Waals surface area contributed by atoms with E-state index in [0.717, 1.165) is 12.6 Å². The lowest BCUT2D eigenvalue weighted by atomic mass is 10.2. The number of sulfonamides is 2. The number of fused-ring (bicyclic) bond motifs is 3. The molecule has 3 heterocycles. The minimum atomic E-state index is -4.46. The van der Waals surface area contributed by atoms with Gasteiger partial charge < -0.3 is 25.5 Å². The molecule has 0 aliphatic carbocycles. The molecule has 3 aromatic heterocycles. The third kappa shape index (κ3) is 25.2. The molecule has 28 heteroatoms. The first-order chi connectivity index (χ1) is 45.1. The summed E-state index contributed by atoms with van der Waals surface area (Å²) in [6, 6.07) is 33.5. The van der Waals surface area contributed by atoms with Crippen molar-refractivity contribution in [3.05, 3.63) is 151 Å². The Bertz CT molecular complexity index is 4080. The van der Waals surface area contributed by atoms with Gasteiger partial charge in [-0.1, -0.05) is 216 Å². The predicted octanol–water partition coefficient (Wildman–Crippen LogP) is 14.9. The van der Waals surface area contributed by atoms with E-state index in [4.69, 9.17) is 25.9 Å². The Kier molecular flexibility index (Phi) is 50.5. The summed E-state index contributed by atoms with van der Waals surface area (Å²) in [4.78, 5) is 38.2. The summed E-state index contributed by atoms with van der Waals surface area (Å²) in [6.45, 7) is 38.9. The molecule has 4 N–H and O–H groups in total. The van der Waals surface area contributed by atoms with Gasteiger partial charge in [-0.25, -0.2) is 68.2 Å². The number of primary amides is 1. The number of ether oxygens (including phenoxy) is 2. The molecule has 0 unspecified atom stereocenters. The number of halogens is 1. The van der Waals surface area contributed by atoms with Crippen LogP contribution in [-0.2, 0) is 58.6 Å². The Morgan fingerprint density at radius 1 is 0.442 bits per heavy atom. The van der Waals surface area contributed by atoms with Crippen LogP contribution in [0.1, 0.15) is 170 Å². The van der Waals surface area contributed by atoms with Crippen molar-refractivity contribution in [2.24, 2.45) is 5.73 Å². The van der Waals surface area contributed by atoms with Crippen LogP contribution in [0, 0.1) is 0 Å². The highest BCUT2D eigenvalue weighted by Gasteiger charge is 2.39. The summed E-state index contributed by atoms with van der Waals surface area (Å²) < 4.78 is 142. The number of para-hydroxylation sites is 3. The molecule has 0 radical (unpaired) electrons. The van der Waals surface area contributed by atoms with E-state index in [-0.39, 0.29) is 55.4 Å². The molecule has 0 aliphatic heterocycles.